The number of rotatable bonds is 4. The van der Waals surface area contributed by atoms with Gasteiger partial charge < -0.3 is 9.84 Å². The summed E-state index contributed by atoms with van der Waals surface area (Å²) in [4.78, 5) is 0. The highest BCUT2D eigenvalue weighted by atomic mass is 79.9. The lowest BCUT2D eigenvalue weighted by Gasteiger charge is -2.16. The van der Waals surface area contributed by atoms with Gasteiger partial charge in [-0.25, -0.2) is 0 Å². The van der Waals surface area contributed by atoms with Crippen LogP contribution in [0.5, 0.6) is 5.75 Å². The number of halogens is 2. The summed E-state index contributed by atoms with van der Waals surface area (Å²) in [6, 6.07) is 11.2. The van der Waals surface area contributed by atoms with Gasteiger partial charge in [0.1, 0.15) is 11.9 Å². The van der Waals surface area contributed by atoms with Crippen molar-refractivity contribution in [3.8, 4) is 5.75 Å². The van der Waals surface area contributed by atoms with Crippen LogP contribution in [0.3, 0.4) is 0 Å². The summed E-state index contributed by atoms with van der Waals surface area (Å²) in [6.07, 6.45) is -0.755. The molecule has 0 aromatic heterocycles. The lowest BCUT2D eigenvalue weighted by atomic mass is 10.00. The molecule has 0 spiro atoms. The highest BCUT2D eigenvalue weighted by Crippen LogP contribution is 2.34. The van der Waals surface area contributed by atoms with Crippen LogP contribution in [0, 0.1) is 6.92 Å². The van der Waals surface area contributed by atoms with Crippen LogP contribution >= 0.6 is 27.5 Å². The molecular formula is C16H16BrClO2. The summed E-state index contributed by atoms with van der Waals surface area (Å²) >= 11 is 9.72. The van der Waals surface area contributed by atoms with Gasteiger partial charge in [0.25, 0.3) is 0 Å². The van der Waals surface area contributed by atoms with Gasteiger partial charge in [-0.15, -0.1) is 0 Å². The maximum Gasteiger partial charge on any atom is 0.133 e. The zero-order chi connectivity index (χ0) is 14.7. The fraction of sp³-hybridized carbons (Fsp3) is 0.250. The largest absolute Gasteiger partial charge is 0.493 e. The number of hydrogen-bond acceptors (Lipinski definition) is 2. The van der Waals surface area contributed by atoms with Crippen LogP contribution in [0.25, 0.3) is 0 Å². The average Bonchev–Trinajstić information content (AvgIpc) is 2.43. The van der Waals surface area contributed by atoms with E-state index in [0.717, 1.165) is 21.3 Å². The first-order valence-corrected chi connectivity index (χ1v) is 7.57. The van der Waals surface area contributed by atoms with Gasteiger partial charge in [-0.3, -0.25) is 0 Å². The normalized spacial score (nSPS) is 12.2. The molecule has 0 saturated heterocycles. The summed E-state index contributed by atoms with van der Waals surface area (Å²) in [6.45, 7) is 4.46. The Morgan fingerprint density at radius 3 is 2.70 bits per heavy atom. The third kappa shape index (κ3) is 3.17. The van der Waals surface area contributed by atoms with Gasteiger partial charge in [-0.1, -0.05) is 35.9 Å². The Hall–Kier alpha value is -1.03. The minimum absolute atomic E-state index is 0.601. The van der Waals surface area contributed by atoms with Gasteiger partial charge in [0.2, 0.25) is 0 Å². The first kappa shape index (κ1) is 15.4. The highest BCUT2D eigenvalue weighted by molar-refractivity contribution is 9.10. The van der Waals surface area contributed by atoms with Crippen molar-refractivity contribution in [3.05, 3.63) is 62.6 Å². The molecule has 0 radical (unpaired) electrons. The number of aliphatic hydroxyl groups excluding tert-OH is 1. The van der Waals surface area contributed by atoms with E-state index in [1.165, 1.54) is 0 Å². The molecule has 2 aromatic rings. The van der Waals surface area contributed by atoms with E-state index >= 15 is 0 Å². The minimum atomic E-state index is -0.755. The molecule has 0 aliphatic carbocycles. The molecule has 1 atom stereocenters. The van der Waals surface area contributed by atoms with Gasteiger partial charge in [0, 0.05) is 10.6 Å². The predicted molar refractivity (Wildman–Crippen MR) is 85.6 cm³/mol. The van der Waals surface area contributed by atoms with Crippen molar-refractivity contribution in [2.45, 2.75) is 20.0 Å². The monoisotopic (exact) mass is 354 g/mol. The van der Waals surface area contributed by atoms with E-state index in [4.69, 9.17) is 16.3 Å². The molecular weight excluding hydrogens is 340 g/mol. The van der Waals surface area contributed by atoms with Crippen LogP contribution in [0.15, 0.2) is 40.9 Å². The van der Waals surface area contributed by atoms with E-state index in [9.17, 15) is 5.11 Å². The molecule has 2 nitrogen and oxygen atoms in total. The van der Waals surface area contributed by atoms with E-state index in [-0.39, 0.29) is 0 Å². The molecule has 4 heteroatoms. The van der Waals surface area contributed by atoms with E-state index in [0.29, 0.717) is 17.2 Å². The summed E-state index contributed by atoms with van der Waals surface area (Å²) in [5.74, 6) is 0.763. The van der Waals surface area contributed by atoms with E-state index in [1.54, 1.807) is 0 Å². The molecule has 1 unspecified atom stereocenters. The van der Waals surface area contributed by atoms with Crippen molar-refractivity contribution in [2.75, 3.05) is 6.61 Å². The Morgan fingerprint density at radius 2 is 2.05 bits per heavy atom. The second-order valence-electron chi connectivity index (χ2n) is 4.50. The van der Waals surface area contributed by atoms with Crippen LogP contribution < -0.4 is 4.74 Å². The third-order valence-corrected chi connectivity index (χ3v) is 4.22. The molecule has 1 N–H and O–H groups in total. The topological polar surface area (TPSA) is 29.5 Å². The van der Waals surface area contributed by atoms with Crippen molar-refractivity contribution in [1.29, 1.82) is 0 Å². The standard InChI is InChI=1S/C16H16BrClO2/c1-3-20-14-8-7-11(9-13(14)17)16(19)12-6-4-5-10(2)15(12)18/h4-9,16,19H,3H2,1-2H3. The van der Waals surface area contributed by atoms with Crippen LogP contribution in [-0.4, -0.2) is 11.7 Å². The fourth-order valence-electron chi connectivity index (χ4n) is 2.02. The van der Waals surface area contributed by atoms with Gasteiger partial charge in [0.05, 0.1) is 11.1 Å². The number of benzene rings is 2. The molecule has 0 heterocycles. The smallest absolute Gasteiger partial charge is 0.133 e. The fourth-order valence-corrected chi connectivity index (χ4v) is 2.76. The first-order chi connectivity index (χ1) is 9.54. The molecule has 0 bridgehead atoms. The number of aliphatic hydroxyl groups is 1. The predicted octanol–water partition coefficient (Wildman–Crippen LogP) is 4.89. The Kier molecular flexibility index (Phi) is 5.08. The second-order valence-corrected chi connectivity index (χ2v) is 5.74. The lowest BCUT2D eigenvalue weighted by Crippen LogP contribution is -2.02. The first-order valence-electron chi connectivity index (χ1n) is 6.40. The van der Waals surface area contributed by atoms with Gasteiger partial charge in [0.15, 0.2) is 0 Å². The molecule has 0 aliphatic heterocycles. The van der Waals surface area contributed by atoms with Gasteiger partial charge in [-0.2, -0.15) is 0 Å². The molecule has 2 rings (SSSR count). The molecule has 0 aliphatic rings. The average molecular weight is 356 g/mol. The second kappa shape index (κ2) is 6.61. The summed E-state index contributed by atoms with van der Waals surface area (Å²) in [5.41, 5.74) is 2.43. The Morgan fingerprint density at radius 1 is 1.30 bits per heavy atom. The highest BCUT2D eigenvalue weighted by Gasteiger charge is 2.16. The Labute approximate surface area is 132 Å². The van der Waals surface area contributed by atoms with Crippen molar-refractivity contribution in [2.24, 2.45) is 0 Å². The SMILES string of the molecule is CCOc1ccc(C(O)c2cccc(C)c2Cl)cc1Br. The van der Waals surface area contributed by atoms with E-state index in [2.05, 4.69) is 15.9 Å². The lowest BCUT2D eigenvalue weighted by molar-refractivity contribution is 0.220. The van der Waals surface area contributed by atoms with Crippen LogP contribution in [0.4, 0.5) is 0 Å². The number of ether oxygens (including phenoxy) is 1. The molecule has 20 heavy (non-hydrogen) atoms. The zero-order valence-corrected chi connectivity index (χ0v) is 13.7. The minimum Gasteiger partial charge on any atom is -0.493 e. The maximum atomic E-state index is 10.5. The van der Waals surface area contributed by atoms with E-state index in [1.807, 2.05) is 50.2 Å². The van der Waals surface area contributed by atoms with Gasteiger partial charge in [-0.05, 0) is 53.0 Å². The molecule has 106 valence electrons. The van der Waals surface area contributed by atoms with Crippen molar-refractivity contribution in [3.63, 3.8) is 0 Å². The van der Waals surface area contributed by atoms with Crippen LogP contribution in [0.2, 0.25) is 5.02 Å². The molecule has 0 fully saturated rings. The number of hydrogen-bond donors (Lipinski definition) is 1. The summed E-state index contributed by atoms with van der Waals surface area (Å²) in [7, 11) is 0. The Bertz CT molecular complexity index is 613. The van der Waals surface area contributed by atoms with Crippen LogP contribution in [-0.2, 0) is 0 Å². The van der Waals surface area contributed by atoms with Crippen molar-refractivity contribution < 1.29 is 9.84 Å². The van der Waals surface area contributed by atoms with Crippen molar-refractivity contribution >= 4 is 27.5 Å². The van der Waals surface area contributed by atoms with Gasteiger partial charge >= 0.3 is 0 Å². The van der Waals surface area contributed by atoms with Crippen LogP contribution in [0.1, 0.15) is 29.7 Å². The van der Waals surface area contributed by atoms with Crippen molar-refractivity contribution in [1.82, 2.24) is 0 Å². The number of aryl methyl sites for hydroxylation is 1. The molecule has 0 saturated carbocycles. The molecule has 0 amide bonds. The maximum absolute atomic E-state index is 10.5. The molecule has 2 aromatic carbocycles. The summed E-state index contributed by atoms with van der Waals surface area (Å²) in [5, 5.41) is 11.1. The quantitative estimate of drug-likeness (QED) is 0.846. The summed E-state index contributed by atoms with van der Waals surface area (Å²) < 4.78 is 6.28. The van der Waals surface area contributed by atoms with E-state index < -0.39 is 6.10 Å². The Balaban J connectivity index is 2.36. The third-order valence-electron chi connectivity index (χ3n) is 3.09. The zero-order valence-electron chi connectivity index (χ0n) is 11.4.